The number of hydrogen-bond acceptors (Lipinski definition) is 5. The van der Waals surface area contributed by atoms with E-state index in [1.807, 2.05) is 0 Å². The molecule has 0 radical (unpaired) electrons. The van der Waals surface area contributed by atoms with Crippen LogP contribution in [0.4, 0.5) is 0 Å². The first-order valence-electron chi connectivity index (χ1n) is 20.6. The molecule has 4 aliphatic heterocycles. The fourth-order valence-electron chi connectivity index (χ4n) is 9.72. The summed E-state index contributed by atoms with van der Waals surface area (Å²) in [6.07, 6.45) is 32.0. The summed E-state index contributed by atoms with van der Waals surface area (Å²) in [6.45, 7) is 18.3. The molecule has 0 amide bonds. The summed E-state index contributed by atoms with van der Waals surface area (Å²) in [5, 5.41) is 0. The van der Waals surface area contributed by atoms with E-state index in [-0.39, 0.29) is 24.0 Å². The summed E-state index contributed by atoms with van der Waals surface area (Å²) in [6, 6.07) is 0. The Morgan fingerprint density at radius 2 is 1.83 bits per heavy atom. The smallest absolute Gasteiger partial charge is 0.179 e. The van der Waals surface area contributed by atoms with Crippen LogP contribution in [-0.4, -0.2) is 61.7 Å². The number of fused-ring (bicyclic) bond motifs is 2. The van der Waals surface area contributed by atoms with Gasteiger partial charge in [0, 0.05) is 79.3 Å². The van der Waals surface area contributed by atoms with E-state index in [9.17, 15) is 8.42 Å². The van der Waals surface area contributed by atoms with Gasteiger partial charge in [0.1, 0.15) is 24.2 Å². The molecule has 2 fully saturated rings. The summed E-state index contributed by atoms with van der Waals surface area (Å²) >= 11 is 0. The molecule has 3 aliphatic carbocycles. The largest absolute Gasteiger partial charge is 0.494 e. The van der Waals surface area contributed by atoms with E-state index in [0.717, 1.165) is 106 Å². The second-order valence-corrected chi connectivity index (χ2v) is 18.3. The zero-order valence-electron chi connectivity index (χ0n) is 33.5. The number of sulfone groups is 1. The molecule has 4 heterocycles. The molecule has 0 aromatic heterocycles. The normalized spacial score (nSPS) is 28.3. The van der Waals surface area contributed by atoms with Crippen LogP contribution in [0.1, 0.15) is 105 Å². The number of hydrogen-bond donors (Lipinski definition) is 0. The lowest BCUT2D eigenvalue weighted by Gasteiger charge is -2.31. The van der Waals surface area contributed by atoms with Crippen molar-refractivity contribution in [2.45, 2.75) is 117 Å². The lowest BCUT2D eigenvalue weighted by molar-refractivity contribution is -0.519. The topological polar surface area (TPSA) is 58.8 Å². The van der Waals surface area contributed by atoms with Gasteiger partial charge in [0.05, 0.1) is 11.0 Å². The van der Waals surface area contributed by atoms with Crippen molar-refractivity contribution in [1.29, 1.82) is 0 Å². The first-order chi connectivity index (χ1) is 26.0. The van der Waals surface area contributed by atoms with Gasteiger partial charge in [-0.3, -0.25) is 0 Å². The molecule has 288 valence electrons. The van der Waals surface area contributed by atoms with Gasteiger partial charge in [0.2, 0.25) is 0 Å². The van der Waals surface area contributed by atoms with Crippen LogP contribution in [0.3, 0.4) is 0 Å². The van der Waals surface area contributed by atoms with Crippen molar-refractivity contribution in [2.75, 3.05) is 25.9 Å². The SMILES string of the molecule is C=C(CC1=C(S(C)(=O)=O)C(=CC=C2C3=CC=CC4C5=C(C=C(C34)N2CCCC)CC(C)O5)CC1)C1=[N+](CCCC)CC=C2CC(C)OC2=C(C=CC)CC1. The molecule has 6 nitrogen and oxygen atoms in total. The Hall–Kier alpha value is -3.84. The van der Waals surface area contributed by atoms with Gasteiger partial charge in [0.15, 0.2) is 22.1 Å². The van der Waals surface area contributed by atoms with E-state index in [4.69, 9.17) is 9.47 Å². The van der Waals surface area contributed by atoms with Crippen LogP contribution in [0.25, 0.3) is 0 Å². The molecule has 0 bridgehead atoms. The van der Waals surface area contributed by atoms with Crippen molar-refractivity contribution >= 4 is 15.5 Å². The molecular weight excluding hydrogens is 689 g/mol. The Kier molecular flexibility index (Phi) is 11.5. The van der Waals surface area contributed by atoms with E-state index in [0.29, 0.717) is 17.7 Å². The van der Waals surface area contributed by atoms with Gasteiger partial charge >= 0.3 is 0 Å². The molecule has 0 saturated carbocycles. The number of rotatable bonds is 12. The Bertz CT molecular complexity index is 2040. The monoisotopic (exact) mass is 749 g/mol. The molecule has 0 aromatic carbocycles. The van der Waals surface area contributed by atoms with Gasteiger partial charge in [0.25, 0.3) is 0 Å². The van der Waals surface area contributed by atoms with Crippen molar-refractivity contribution in [2.24, 2.45) is 11.8 Å². The van der Waals surface area contributed by atoms with Crippen LogP contribution in [-0.2, 0) is 19.3 Å². The summed E-state index contributed by atoms with van der Waals surface area (Å²) in [4.78, 5) is 3.03. The lowest BCUT2D eigenvalue weighted by Crippen LogP contribution is -2.25. The molecule has 54 heavy (non-hydrogen) atoms. The minimum atomic E-state index is -3.48. The van der Waals surface area contributed by atoms with Crippen LogP contribution in [0.5, 0.6) is 0 Å². The summed E-state index contributed by atoms with van der Waals surface area (Å²) in [7, 11) is -3.48. The van der Waals surface area contributed by atoms with Gasteiger partial charge in [-0.15, -0.1) is 0 Å². The fourth-order valence-corrected chi connectivity index (χ4v) is 11.1. The van der Waals surface area contributed by atoms with Crippen molar-refractivity contribution in [3.05, 3.63) is 128 Å². The first-order valence-corrected chi connectivity index (χ1v) is 22.5. The molecule has 7 aliphatic rings. The van der Waals surface area contributed by atoms with Crippen LogP contribution in [0.2, 0.25) is 0 Å². The predicted octanol–water partition coefficient (Wildman–Crippen LogP) is 10.3. The molecular formula is C47H61N2O4S+. The minimum Gasteiger partial charge on any atom is -0.494 e. The molecule has 0 spiro atoms. The summed E-state index contributed by atoms with van der Waals surface area (Å²) in [5.74, 6) is 2.64. The molecule has 7 heteroatoms. The molecule has 4 unspecified atom stereocenters. The highest BCUT2D eigenvalue weighted by molar-refractivity contribution is 7.94. The van der Waals surface area contributed by atoms with Gasteiger partial charge in [-0.2, -0.15) is 0 Å². The van der Waals surface area contributed by atoms with Crippen molar-refractivity contribution in [3.63, 3.8) is 0 Å². The van der Waals surface area contributed by atoms with E-state index >= 15 is 0 Å². The number of unbranched alkanes of at least 4 members (excludes halogenated alkanes) is 2. The van der Waals surface area contributed by atoms with Gasteiger partial charge in [-0.25, -0.2) is 13.0 Å². The van der Waals surface area contributed by atoms with Crippen LogP contribution >= 0.6 is 0 Å². The third kappa shape index (κ3) is 7.54. The van der Waals surface area contributed by atoms with Gasteiger partial charge < -0.3 is 14.4 Å². The van der Waals surface area contributed by atoms with Gasteiger partial charge in [-0.1, -0.05) is 69.7 Å². The number of allylic oxidation sites excluding steroid dienone is 15. The minimum absolute atomic E-state index is 0.189. The predicted molar refractivity (Wildman–Crippen MR) is 221 cm³/mol. The highest BCUT2D eigenvalue weighted by Crippen LogP contribution is 2.54. The third-order valence-corrected chi connectivity index (χ3v) is 13.4. The zero-order chi connectivity index (χ0) is 38.1. The third-order valence-electron chi connectivity index (χ3n) is 12.1. The fraction of sp³-hybridized carbons (Fsp3) is 0.511. The number of likely N-dealkylation sites (tertiary alicyclic amines) is 1. The second kappa shape index (κ2) is 16.1. The maximum Gasteiger partial charge on any atom is 0.179 e. The van der Waals surface area contributed by atoms with E-state index in [1.165, 1.54) is 45.7 Å². The summed E-state index contributed by atoms with van der Waals surface area (Å²) < 4.78 is 42.6. The maximum atomic E-state index is 13.7. The maximum absolute atomic E-state index is 13.7. The Morgan fingerprint density at radius 3 is 2.59 bits per heavy atom. The van der Waals surface area contributed by atoms with E-state index in [1.54, 1.807) is 0 Å². The first kappa shape index (κ1) is 38.4. The lowest BCUT2D eigenvalue weighted by atomic mass is 9.76. The van der Waals surface area contributed by atoms with Crippen molar-refractivity contribution in [1.82, 2.24) is 4.90 Å². The number of nitrogens with zero attached hydrogens (tertiary/aromatic N) is 2. The Labute approximate surface area is 325 Å². The summed E-state index contributed by atoms with van der Waals surface area (Å²) in [5.41, 5.74) is 11.9. The molecule has 0 aromatic rings. The van der Waals surface area contributed by atoms with E-state index < -0.39 is 9.84 Å². The van der Waals surface area contributed by atoms with E-state index in [2.05, 4.69) is 105 Å². The van der Waals surface area contributed by atoms with Crippen LogP contribution in [0.15, 0.2) is 128 Å². The average molecular weight is 750 g/mol. The second-order valence-electron chi connectivity index (χ2n) is 16.3. The highest BCUT2D eigenvalue weighted by atomic mass is 32.2. The zero-order valence-corrected chi connectivity index (χ0v) is 34.4. The number of ether oxygens (including phenoxy) is 2. The standard InChI is InChI=1S/C47H61N2O4S/c1-8-11-24-48-26-23-36-28-32(5)52-45(36)34(14-10-3)19-21-41(48)31(4)27-37-18-17-35(47(37)54(7,50)51)20-22-42-39-15-13-16-40-44(39)43(49(42)25-12-9-2)30-38-29-33(6)53-46(38)40/h10,13-16,20,22-23,30,32-33,40,44H,4,8-9,11-12,17-19,21,24-29H2,1-3,5-7H3/q+1. The quantitative estimate of drug-likeness (QED) is 0.186. The Balaban J connectivity index is 1.22. The molecule has 2 saturated heterocycles. The van der Waals surface area contributed by atoms with Gasteiger partial charge in [-0.05, 0) is 92.5 Å². The van der Waals surface area contributed by atoms with Crippen molar-refractivity contribution in [3.8, 4) is 0 Å². The molecule has 0 N–H and O–H groups in total. The highest BCUT2D eigenvalue weighted by Gasteiger charge is 2.47. The molecule has 7 rings (SSSR count). The van der Waals surface area contributed by atoms with Crippen molar-refractivity contribution < 1.29 is 22.5 Å². The van der Waals surface area contributed by atoms with Crippen LogP contribution in [0, 0.1) is 11.8 Å². The molecule has 4 atom stereocenters. The Morgan fingerprint density at radius 1 is 1.04 bits per heavy atom. The van der Waals surface area contributed by atoms with Crippen LogP contribution < -0.4 is 0 Å². The average Bonchev–Trinajstić information content (AvgIpc) is 3.90.